The Morgan fingerprint density at radius 2 is 1.90 bits per heavy atom. The van der Waals surface area contributed by atoms with Crippen LogP contribution in [0.25, 0.3) is 0 Å². The first kappa shape index (κ1) is 21.5. The van der Waals surface area contributed by atoms with Crippen LogP contribution < -0.4 is 10.6 Å². The van der Waals surface area contributed by atoms with Crippen LogP contribution in [0.3, 0.4) is 0 Å². The molecule has 2 N–H and O–H groups in total. The van der Waals surface area contributed by atoms with Gasteiger partial charge in [-0.3, -0.25) is 4.79 Å². The molecule has 0 radical (unpaired) electrons. The summed E-state index contributed by atoms with van der Waals surface area (Å²) in [4.78, 5) is 12.9. The van der Waals surface area contributed by atoms with Crippen molar-refractivity contribution in [3.63, 3.8) is 0 Å². The largest absolute Gasteiger partial charge is 0.410 e. The van der Waals surface area contributed by atoms with E-state index in [1.807, 2.05) is 19.1 Å². The molecule has 0 spiro atoms. The minimum absolute atomic E-state index is 0.00481. The fourth-order valence-corrected chi connectivity index (χ4v) is 3.88. The van der Waals surface area contributed by atoms with Crippen LogP contribution in [-0.4, -0.2) is 21.9 Å². The molecule has 0 unspecified atom stereocenters. The molecule has 5 nitrogen and oxygen atoms in total. The van der Waals surface area contributed by atoms with Crippen LogP contribution in [0, 0.1) is 6.92 Å². The number of alkyl halides is 3. The average molecular weight is 469 g/mol. The SMILES string of the molecule is Cc1ccc([C@H]2C[C@@H](C(F)(F)F)n3ncc(C(=O)Nc4cccc(Cl)c4Cl)c3N2)cc1. The van der Waals surface area contributed by atoms with Crippen LogP contribution >= 0.6 is 23.2 Å². The standard InChI is InChI=1S/C21H17Cl2F3N4O/c1-11-5-7-12(8-6-11)16-9-17(21(24,25)26)30-19(28-16)13(10-27-30)20(31)29-15-4-2-3-14(22)18(15)23/h2-8,10,16-17,28H,9H2,1H3,(H,29,31)/t16-,17+/m1/s1. The summed E-state index contributed by atoms with van der Waals surface area (Å²) in [5, 5.41) is 9.89. The maximum Gasteiger partial charge on any atom is 0.410 e. The lowest BCUT2D eigenvalue weighted by Gasteiger charge is -2.34. The minimum atomic E-state index is -4.53. The number of aromatic nitrogens is 2. The van der Waals surface area contributed by atoms with E-state index in [9.17, 15) is 18.0 Å². The molecule has 1 aliphatic rings. The zero-order chi connectivity index (χ0) is 22.3. The van der Waals surface area contributed by atoms with Gasteiger partial charge in [-0.2, -0.15) is 18.3 Å². The Hall–Kier alpha value is -2.71. The van der Waals surface area contributed by atoms with Gasteiger partial charge in [0.1, 0.15) is 11.4 Å². The Labute approximate surface area is 186 Å². The van der Waals surface area contributed by atoms with Crippen molar-refractivity contribution in [1.29, 1.82) is 0 Å². The van der Waals surface area contributed by atoms with E-state index in [4.69, 9.17) is 23.2 Å². The van der Waals surface area contributed by atoms with E-state index in [0.29, 0.717) is 5.56 Å². The first-order chi connectivity index (χ1) is 14.6. The normalized spacial score (nSPS) is 18.3. The van der Waals surface area contributed by atoms with Crippen LogP contribution in [0.5, 0.6) is 0 Å². The van der Waals surface area contributed by atoms with Gasteiger partial charge in [-0.1, -0.05) is 59.1 Å². The molecule has 2 atom stereocenters. The van der Waals surface area contributed by atoms with Crippen LogP contribution in [0.2, 0.25) is 10.0 Å². The van der Waals surface area contributed by atoms with Gasteiger partial charge < -0.3 is 10.6 Å². The average Bonchev–Trinajstić information content (AvgIpc) is 3.14. The number of fused-ring (bicyclic) bond motifs is 1. The fraction of sp³-hybridized carbons (Fsp3) is 0.238. The molecule has 0 aliphatic carbocycles. The molecular formula is C21H17Cl2F3N4O. The number of carbonyl (C=O) groups excluding carboxylic acids is 1. The van der Waals surface area contributed by atoms with Gasteiger partial charge >= 0.3 is 6.18 Å². The highest BCUT2D eigenvalue weighted by atomic mass is 35.5. The minimum Gasteiger partial charge on any atom is -0.363 e. The van der Waals surface area contributed by atoms with Crippen molar-refractivity contribution in [2.24, 2.45) is 0 Å². The van der Waals surface area contributed by atoms with Crippen molar-refractivity contribution < 1.29 is 18.0 Å². The van der Waals surface area contributed by atoms with Crippen LogP contribution in [0.1, 0.15) is 40.0 Å². The molecule has 1 aromatic heterocycles. The number of halogens is 5. The molecule has 0 bridgehead atoms. The van der Waals surface area contributed by atoms with Crippen molar-refractivity contribution in [1.82, 2.24) is 9.78 Å². The van der Waals surface area contributed by atoms with Crippen LogP contribution in [-0.2, 0) is 0 Å². The molecule has 4 rings (SSSR count). The first-order valence-electron chi connectivity index (χ1n) is 9.38. The van der Waals surface area contributed by atoms with Gasteiger partial charge in [0.15, 0.2) is 6.04 Å². The number of rotatable bonds is 3. The van der Waals surface area contributed by atoms with E-state index in [0.717, 1.165) is 16.4 Å². The number of anilines is 2. The number of nitrogens with one attached hydrogen (secondary N) is 2. The predicted molar refractivity (Wildman–Crippen MR) is 114 cm³/mol. The summed E-state index contributed by atoms with van der Waals surface area (Å²) >= 11 is 12.1. The van der Waals surface area contributed by atoms with Crippen LogP contribution in [0.15, 0.2) is 48.7 Å². The molecule has 2 heterocycles. The monoisotopic (exact) mass is 468 g/mol. The summed E-state index contributed by atoms with van der Waals surface area (Å²) in [7, 11) is 0. The zero-order valence-corrected chi connectivity index (χ0v) is 17.7. The van der Waals surface area contributed by atoms with Gasteiger partial charge in [-0.05, 0) is 24.6 Å². The Morgan fingerprint density at radius 1 is 1.19 bits per heavy atom. The lowest BCUT2D eigenvalue weighted by molar-refractivity contribution is -0.173. The summed E-state index contributed by atoms with van der Waals surface area (Å²) in [5.74, 6) is -0.654. The summed E-state index contributed by atoms with van der Waals surface area (Å²) in [6.07, 6.45) is -3.66. The molecule has 3 aromatic rings. The third-order valence-corrected chi connectivity index (χ3v) is 5.98. The molecular weight excluding hydrogens is 452 g/mol. The molecule has 162 valence electrons. The summed E-state index contributed by atoms with van der Waals surface area (Å²) < 4.78 is 42.2. The van der Waals surface area contributed by atoms with E-state index < -0.39 is 24.2 Å². The predicted octanol–water partition coefficient (Wildman–Crippen LogP) is 6.41. The fourth-order valence-electron chi connectivity index (χ4n) is 3.54. The number of aryl methyl sites for hydroxylation is 1. The van der Waals surface area contributed by atoms with Gasteiger partial charge in [0.2, 0.25) is 0 Å². The first-order valence-corrected chi connectivity index (χ1v) is 10.1. The number of benzene rings is 2. The lowest BCUT2D eigenvalue weighted by atomic mass is 9.96. The van der Waals surface area contributed by atoms with E-state index in [1.165, 1.54) is 0 Å². The molecule has 0 saturated carbocycles. The van der Waals surface area contributed by atoms with Gasteiger partial charge in [0, 0.05) is 6.42 Å². The highest BCUT2D eigenvalue weighted by molar-refractivity contribution is 6.44. The van der Waals surface area contributed by atoms with Crippen LogP contribution in [0.4, 0.5) is 24.7 Å². The second-order valence-corrected chi connectivity index (χ2v) is 8.09. The van der Waals surface area contributed by atoms with E-state index >= 15 is 0 Å². The molecule has 10 heteroatoms. The number of nitrogens with zero attached hydrogens (tertiary/aromatic N) is 2. The Bertz CT molecular complexity index is 1130. The van der Waals surface area contributed by atoms with E-state index in [-0.39, 0.29) is 33.5 Å². The Morgan fingerprint density at radius 3 is 2.58 bits per heavy atom. The molecule has 31 heavy (non-hydrogen) atoms. The maximum atomic E-state index is 13.8. The number of hydrogen-bond acceptors (Lipinski definition) is 3. The number of hydrogen-bond donors (Lipinski definition) is 2. The van der Waals surface area contributed by atoms with Crippen molar-refractivity contribution in [3.8, 4) is 0 Å². The quantitative estimate of drug-likeness (QED) is 0.466. The van der Waals surface area contributed by atoms with Crippen molar-refractivity contribution in [3.05, 3.63) is 75.4 Å². The third kappa shape index (κ3) is 4.22. The van der Waals surface area contributed by atoms with Gasteiger partial charge in [0.05, 0.1) is 28.0 Å². The Kier molecular flexibility index (Phi) is 5.61. The highest BCUT2D eigenvalue weighted by Crippen LogP contribution is 2.44. The van der Waals surface area contributed by atoms with Gasteiger partial charge in [-0.15, -0.1) is 0 Å². The number of carbonyl (C=O) groups is 1. The second kappa shape index (κ2) is 8.09. The second-order valence-electron chi connectivity index (χ2n) is 7.31. The van der Waals surface area contributed by atoms with Crippen molar-refractivity contribution in [2.45, 2.75) is 31.6 Å². The molecule has 1 aliphatic heterocycles. The molecule has 0 fully saturated rings. The van der Waals surface area contributed by atoms with Gasteiger partial charge in [0.25, 0.3) is 5.91 Å². The van der Waals surface area contributed by atoms with Crippen molar-refractivity contribution >= 4 is 40.6 Å². The summed E-state index contributed by atoms with van der Waals surface area (Å²) in [6.45, 7) is 1.90. The third-order valence-electron chi connectivity index (χ3n) is 5.16. The number of amides is 1. The topological polar surface area (TPSA) is 59.0 Å². The smallest absolute Gasteiger partial charge is 0.363 e. The zero-order valence-electron chi connectivity index (χ0n) is 16.2. The molecule has 1 amide bonds. The van der Waals surface area contributed by atoms with E-state index in [2.05, 4.69) is 15.7 Å². The van der Waals surface area contributed by atoms with Crippen molar-refractivity contribution in [2.75, 3.05) is 10.6 Å². The Balaban J connectivity index is 1.70. The summed E-state index contributed by atoms with van der Waals surface area (Å²) in [6, 6.07) is 9.41. The summed E-state index contributed by atoms with van der Waals surface area (Å²) in [5.41, 5.74) is 1.91. The lowest BCUT2D eigenvalue weighted by Crippen LogP contribution is -2.36. The molecule has 0 saturated heterocycles. The van der Waals surface area contributed by atoms with Gasteiger partial charge in [-0.25, -0.2) is 4.68 Å². The molecule has 2 aromatic carbocycles. The highest BCUT2D eigenvalue weighted by Gasteiger charge is 2.47. The van der Waals surface area contributed by atoms with E-state index in [1.54, 1.807) is 30.3 Å². The maximum absolute atomic E-state index is 13.8.